The van der Waals surface area contributed by atoms with Crippen LogP contribution in [0.25, 0.3) is 0 Å². The van der Waals surface area contributed by atoms with Crippen molar-refractivity contribution < 1.29 is 29.6 Å². The van der Waals surface area contributed by atoms with Gasteiger partial charge in [0.05, 0.1) is 13.2 Å². The van der Waals surface area contributed by atoms with Gasteiger partial charge in [-0.15, -0.1) is 0 Å². The van der Waals surface area contributed by atoms with E-state index in [0.29, 0.717) is 26.3 Å². The summed E-state index contributed by atoms with van der Waals surface area (Å²) in [4.78, 5) is 12.2. The van der Waals surface area contributed by atoms with E-state index in [-0.39, 0.29) is 16.5 Å². The lowest BCUT2D eigenvalue weighted by Gasteiger charge is -2.27. The normalized spacial score (nSPS) is 15.6. The number of ether oxygens (including phenoxy) is 1. The van der Waals surface area contributed by atoms with E-state index in [0.717, 1.165) is 0 Å². The smallest absolute Gasteiger partial charge is 0.423 e. The number of morpholine rings is 1. The van der Waals surface area contributed by atoms with Gasteiger partial charge in [-0.3, -0.25) is 10.2 Å². The average molecular weight is 294 g/mol. The number of carbonyl (C=O) groups is 1. The predicted molar refractivity (Wildman–Crippen MR) is 76.0 cm³/mol. The summed E-state index contributed by atoms with van der Waals surface area (Å²) in [6, 6.07) is 4.14. The Morgan fingerprint density at radius 3 is 2.38 bits per heavy atom. The van der Waals surface area contributed by atoms with Crippen LogP contribution < -0.4 is 16.4 Å². The Kier molecular flexibility index (Phi) is 5.34. The SMILES string of the molecule is O=C(NN1CCOCC1)c1cccc(B(O)O)c1B(O)O. The third-order valence-electron chi connectivity index (χ3n) is 3.19. The van der Waals surface area contributed by atoms with E-state index >= 15 is 0 Å². The second kappa shape index (κ2) is 7.03. The number of nitrogens with zero attached hydrogens (tertiary/aromatic N) is 1. The third-order valence-corrected chi connectivity index (χ3v) is 3.19. The minimum atomic E-state index is -1.99. The maximum Gasteiger partial charge on any atom is 0.488 e. The number of nitrogens with one attached hydrogen (secondary N) is 1. The number of amides is 1. The summed E-state index contributed by atoms with van der Waals surface area (Å²) in [5.74, 6) is -0.553. The van der Waals surface area contributed by atoms with Gasteiger partial charge in [-0.2, -0.15) is 0 Å². The summed E-state index contributed by atoms with van der Waals surface area (Å²) in [5.41, 5.74) is 2.25. The Bertz CT molecular complexity index is 507. The number of benzene rings is 1. The van der Waals surface area contributed by atoms with E-state index < -0.39 is 20.1 Å². The maximum absolute atomic E-state index is 12.2. The van der Waals surface area contributed by atoms with Crippen LogP contribution in [-0.2, 0) is 4.74 Å². The van der Waals surface area contributed by atoms with Crippen molar-refractivity contribution in [3.63, 3.8) is 0 Å². The standard InChI is InChI=1S/C11H16B2N2O6/c16-11(14-15-4-6-21-7-5-15)8-2-1-3-9(12(17)18)10(8)13(19)20/h1-3,17-20H,4-7H2,(H,14,16). The molecule has 0 aromatic heterocycles. The first-order valence-corrected chi connectivity index (χ1v) is 6.49. The first-order valence-electron chi connectivity index (χ1n) is 6.49. The number of carbonyl (C=O) groups excluding carboxylic acids is 1. The molecule has 1 amide bonds. The molecule has 0 aliphatic carbocycles. The van der Waals surface area contributed by atoms with Crippen LogP contribution in [0.3, 0.4) is 0 Å². The molecular weight excluding hydrogens is 278 g/mol. The molecule has 1 aromatic carbocycles. The van der Waals surface area contributed by atoms with Crippen LogP contribution in [0.4, 0.5) is 0 Å². The largest absolute Gasteiger partial charge is 0.488 e. The van der Waals surface area contributed by atoms with E-state index in [4.69, 9.17) is 4.74 Å². The molecule has 10 heteroatoms. The van der Waals surface area contributed by atoms with E-state index in [9.17, 15) is 24.9 Å². The summed E-state index contributed by atoms with van der Waals surface area (Å²) in [7, 11) is -3.90. The van der Waals surface area contributed by atoms with Crippen LogP contribution in [0.15, 0.2) is 18.2 Å². The molecule has 1 aliphatic rings. The summed E-state index contributed by atoms with van der Waals surface area (Å²) in [6.45, 7) is 2.02. The quantitative estimate of drug-likeness (QED) is 0.359. The molecule has 1 aliphatic heterocycles. The highest BCUT2D eigenvalue weighted by Gasteiger charge is 2.29. The van der Waals surface area contributed by atoms with Gasteiger partial charge in [0.15, 0.2) is 0 Å². The predicted octanol–water partition coefficient (Wildman–Crippen LogP) is -3.98. The molecule has 1 saturated heterocycles. The first kappa shape index (κ1) is 16.0. The van der Waals surface area contributed by atoms with Gasteiger partial charge < -0.3 is 24.8 Å². The number of hydrazine groups is 1. The zero-order chi connectivity index (χ0) is 15.4. The molecule has 1 fully saturated rings. The molecule has 0 radical (unpaired) electrons. The van der Waals surface area contributed by atoms with Gasteiger partial charge in [-0.25, -0.2) is 5.01 Å². The lowest BCUT2D eigenvalue weighted by atomic mass is 9.64. The topological polar surface area (TPSA) is 122 Å². The van der Waals surface area contributed by atoms with Gasteiger partial charge in [-0.1, -0.05) is 12.1 Å². The van der Waals surface area contributed by atoms with Crippen molar-refractivity contribution in [1.29, 1.82) is 0 Å². The van der Waals surface area contributed by atoms with Gasteiger partial charge in [0.1, 0.15) is 0 Å². The fourth-order valence-electron chi connectivity index (χ4n) is 2.17. The van der Waals surface area contributed by atoms with Crippen LogP contribution in [0.5, 0.6) is 0 Å². The zero-order valence-electron chi connectivity index (χ0n) is 11.3. The lowest BCUT2D eigenvalue weighted by Crippen LogP contribution is -2.55. The van der Waals surface area contributed by atoms with Crippen LogP contribution in [0.1, 0.15) is 10.4 Å². The average Bonchev–Trinajstić information content (AvgIpc) is 2.47. The van der Waals surface area contributed by atoms with Crippen molar-refractivity contribution in [3.8, 4) is 0 Å². The Morgan fingerprint density at radius 2 is 1.81 bits per heavy atom. The highest BCUT2D eigenvalue weighted by molar-refractivity contribution is 6.72. The van der Waals surface area contributed by atoms with Crippen LogP contribution in [0.2, 0.25) is 0 Å². The molecule has 0 unspecified atom stereocenters. The van der Waals surface area contributed by atoms with Crippen molar-refractivity contribution in [2.24, 2.45) is 0 Å². The summed E-state index contributed by atoms with van der Waals surface area (Å²) >= 11 is 0. The molecular formula is C11H16B2N2O6. The van der Waals surface area contributed by atoms with E-state index in [2.05, 4.69) is 5.43 Å². The third kappa shape index (κ3) is 3.82. The van der Waals surface area contributed by atoms with E-state index in [1.54, 1.807) is 5.01 Å². The number of rotatable bonds is 4. The molecule has 0 bridgehead atoms. The molecule has 21 heavy (non-hydrogen) atoms. The Morgan fingerprint density at radius 1 is 1.14 bits per heavy atom. The monoisotopic (exact) mass is 294 g/mol. The second-order valence-electron chi connectivity index (χ2n) is 4.60. The van der Waals surface area contributed by atoms with Crippen molar-refractivity contribution >= 4 is 31.1 Å². The molecule has 1 heterocycles. The molecule has 1 aromatic rings. The summed E-state index contributed by atoms with van der Waals surface area (Å²) < 4.78 is 5.16. The van der Waals surface area contributed by atoms with Gasteiger partial charge in [-0.05, 0) is 17.0 Å². The van der Waals surface area contributed by atoms with E-state index in [1.807, 2.05) is 0 Å². The van der Waals surface area contributed by atoms with Gasteiger partial charge >= 0.3 is 14.2 Å². The van der Waals surface area contributed by atoms with E-state index in [1.165, 1.54) is 18.2 Å². The van der Waals surface area contributed by atoms with Gasteiger partial charge in [0.25, 0.3) is 5.91 Å². The molecule has 0 spiro atoms. The number of hydrogen-bond donors (Lipinski definition) is 5. The van der Waals surface area contributed by atoms with Crippen LogP contribution in [0, 0.1) is 0 Å². The van der Waals surface area contributed by atoms with Crippen molar-refractivity contribution in [3.05, 3.63) is 23.8 Å². The van der Waals surface area contributed by atoms with Crippen molar-refractivity contribution in [2.75, 3.05) is 26.3 Å². The Labute approximate surface area is 122 Å². The highest BCUT2D eigenvalue weighted by Crippen LogP contribution is 1.99. The first-order chi connectivity index (χ1) is 10.0. The summed E-state index contributed by atoms with van der Waals surface area (Å²) in [5, 5.41) is 39.0. The Hall–Kier alpha value is -1.42. The van der Waals surface area contributed by atoms with Crippen LogP contribution in [-0.4, -0.2) is 71.6 Å². The van der Waals surface area contributed by atoms with Crippen molar-refractivity contribution in [2.45, 2.75) is 0 Å². The van der Waals surface area contributed by atoms with Crippen molar-refractivity contribution in [1.82, 2.24) is 10.4 Å². The molecule has 0 saturated carbocycles. The minimum Gasteiger partial charge on any atom is -0.423 e. The van der Waals surface area contributed by atoms with Gasteiger partial charge in [0.2, 0.25) is 0 Å². The molecule has 0 atom stereocenters. The fourth-order valence-corrected chi connectivity index (χ4v) is 2.17. The molecule has 112 valence electrons. The summed E-state index contributed by atoms with van der Waals surface area (Å²) in [6.07, 6.45) is 0. The molecule has 2 rings (SSSR count). The fraction of sp³-hybridized carbons (Fsp3) is 0.364. The highest BCUT2D eigenvalue weighted by atomic mass is 16.5. The maximum atomic E-state index is 12.2. The number of hydrogen-bond acceptors (Lipinski definition) is 7. The molecule has 5 N–H and O–H groups in total. The lowest BCUT2D eigenvalue weighted by molar-refractivity contribution is 0.0126. The molecule has 8 nitrogen and oxygen atoms in total. The van der Waals surface area contributed by atoms with Gasteiger partial charge in [0, 0.05) is 18.7 Å². The Balaban J connectivity index is 2.25. The van der Waals surface area contributed by atoms with Crippen LogP contribution >= 0.6 is 0 Å². The second-order valence-corrected chi connectivity index (χ2v) is 4.60. The minimum absolute atomic E-state index is 0.0258. The zero-order valence-corrected chi connectivity index (χ0v) is 11.3.